The van der Waals surface area contributed by atoms with E-state index in [1.54, 1.807) is 23.6 Å². The van der Waals surface area contributed by atoms with E-state index in [-0.39, 0.29) is 17.7 Å². The summed E-state index contributed by atoms with van der Waals surface area (Å²) in [5.41, 5.74) is -0.846. The lowest BCUT2D eigenvalue weighted by Crippen LogP contribution is -2.69. The first-order chi connectivity index (χ1) is 9.80. The van der Waals surface area contributed by atoms with Crippen molar-refractivity contribution in [3.05, 3.63) is 12.2 Å². The number of carbonyl (C=O) groups excluding carboxylic acids is 2. The quantitative estimate of drug-likeness (QED) is 0.875. The van der Waals surface area contributed by atoms with E-state index >= 15 is 0 Å². The average Bonchev–Trinajstić information content (AvgIpc) is 2.80. The van der Waals surface area contributed by atoms with Crippen molar-refractivity contribution in [3.8, 4) is 0 Å². The Morgan fingerprint density at radius 1 is 1.43 bits per heavy atom. The maximum Gasteiger partial charge on any atom is 0.249 e. The fourth-order valence-corrected chi connectivity index (χ4v) is 2.67. The van der Waals surface area contributed by atoms with Crippen LogP contribution in [0.3, 0.4) is 0 Å². The van der Waals surface area contributed by atoms with Gasteiger partial charge in [0.25, 0.3) is 0 Å². The number of aromatic nitrogens is 3. The molecule has 0 aliphatic carbocycles. The predicted octanol–water partition coefficient (Wildman–Crippen LogP) is 0.467. The molecule has 0 spiro atoms. The summed E-state index contributed by atoms with van der Waals surface area (Å²) in [7, 11) is 1.78. The van der Waals surface area contributed by atoms with Crippen molar-refractivity contribution in [3.63, 3.8) is 0 Å². The molecule has 116 valence electrons. The van der Waals surface area contributed by atoms with E-state index in [0.29, 0.717) is 18.8 Å². The zero-order chi connectivity index (χ0) is 15.8. The van der Waals surface area contributed by atoms with Crippen LogP contribution in [0, 0.1) is 5.92 Å². The number of piperazine rings is 1. The Bertz CT molecular complexity index is 553. The molecule has 1 aliphatic heterocycles. The number of amides is 2. The number of carbonyl (C=O) groups is 2. The summed E-state index contributed by atoms with van der Waals surface area (Å²) in [5.74, 6) is 0.535. The predicted molar refractivity (Wildman–Crippen MR) is 77.0 cm³/mol. The second-order valence-corrected chi connectivity index (χ2v) is 6.10. The minimum absolute atomic E-state index is 0.0311. The van der Waals surface area contributed by atoms with Gasteiger partial charge < -0.3 is 10.2 Å². The molecule has 2 atom stereocenters. The third kappa shape index (κ3) is 2.64. The Morgan fingerprint density at radius 3 is 2.57 bits per heavy atom. The van der Waals surface area contributed by atoms with Crippen LogP contribution >= 0.6 is 0 Å². The zero-order valence-corrected chi connectivity index (χ0v) is 13.3. The first kappa shape index (κ1) is 15.5. The Hall–Kier alpha value is -1.92. The van der Waals surface area contributed by atoms with Gasteiger partial charge in [0.15, 0.2) is 0 Å². The van der Waals surface area contributed by atoms with E-state index in [2.05, 4.69) is 15.4 Å². The smallest absolute Gasteiger partial charge is 0.249 e. The lowest BCUT2D eigenvalue weighted by molar-refractivity contribution is -0.157. The van der Waals surface area contributed by atoms with Crippen LogP contribution in [0.4, 0.5) is 0 Å². The molecule has 2 rings (SSSR count). The highest BCUT2D eigenvalue weighted by molar-refractivity contribution is 5.99. The second-order valence-electron chi connectivity index (χ2n) is 6.10. The highest BCUT2D eigenvalue weighted by Crippen LogP contribution is 2.26. The molecule has 2 heterocycles. The van der Waals surface area contributed by atoms with Crippen molar-refractivity contribution in [2.75, 3.05) is 0 Å². The van der Waals surface area contributed by atoms with E-state index < -0.39 is 11.6 Å². The minimum atomic E-state index is -0.846. The zero-order valence-electron chi connectivity index (χ0n) is 13.3. The van der Waals surface area contributed by atoms with Gasteiger partial charge in [-0.05, 0) is 19.3 Å². The normalized spacial score (nSPS) is 26.4. The van der Waals surface area contributed by atoms with E-state index in [4.69, 9.17) is 0 Å². The molecular weight excluding hydrogens is 270 g/mol. The van der Waals surface area contributed by atoms with Crippen molar-refractivity contribution in [1.82, 2.24) is 25.0 Å². The molecule has 7 heteroatoms. The third-order valence-electron chi connectivity index (χ3n) is 4.19. The highest BCUT2D eigenvalue weighted by atomic mass is 16.2. The number of rotatable bonds is 4. The number of nitrogens with zero attached hydrogens (tertiary/aromatic N) is 4. The van der Waals surface area contributed by atoms with Crippen LogP contribution in [0.1, 0.15) is 39.9 Å². The van der Waals surface area contributed by atoms with Gasteiger partial charge in [-0.15, -0.1) is 0 Å². The van der Waals surface area contributed by atoms with Gasteiger partial charge in [0, 0.05) is 7.05 Å². The van der Waals surface area contributed by atoms with Crippen LogP contribution in [-0.4, -0.2) is 43.1 Å². The monoisotopic (exact) mass is 293 g/mol. The van der Waals surface area contributed by atoms with Crippen LogP contribution in [-0.2, 0) is 23.2 Å². The maximum absolute atomic E-state index is 12.8. The molecule has 1 saturated heterocycles. The molecule has 1 aromatic heterocycles. The Labute approximate surface area is 124 Å². The van der Waals surface area contributed by atoms with Crippen molar-refractivity contribution in [2.45, 2.75) is 52.2 Å². The molecule has 1 fully saturated rings. The van der Waals surface area contributed by atoms with Crippen molar-refractivity contribution in [2.24, 2.45) is 13.0 Å². The summed E-state index contributed by atoms with van der Waals surface area (Å²) in [4.78, 5) is 31.1. The molecule has 0 saturated carbocycles. The number of hydrogen-bond donors (Lipinski definition) is 1. The van der Waals surface area contributed by atoms with Gasteiger partial charge in [0.2, 0.25) is 11.8 Å². The summed E-state index contributed by atoms with van der Waals surface area (Å²) >= 11 is 0. The van der Waals surface area contributed by atoms with Crippen LogP contribution < -0.4 is 5.32 Å². The van der Waals surface area contributed by atoms with Crippen LogP contribution in [0.2, 0.25) is 0 Å². The summed E-state index contributed by atoms with van der Waals surface area (Å²) in [6.45, 7) is 7.84. The molecule has 2 amide bonds. The first-order valence-electron chi connectivity index (χ1n) is 7.26. The molecule has 1 aromatic rings. The number of hydrogen-bond acceptors (Lipinski definition) is 4. The molecule has 7 nitrogen and oxygen atoms in total. The van der Waals surface area contributed by atoms with E-state index in [1.807, 2.05) is 20.8 Å². The van der Waals surface area contributed by atoms with Crippen LogP contribution in [0.5, 0.6) is 0 Å². The van der Waals surface area contributed by atoms with Crippen molar-refractivity contribution >= 4 is 11.8 Å². The average molecular weight is 293 g/mol. The van der Waals surface area contributed by atoms with Gasteiger partial charge >= 0.3 is 0 Å². The molecule has 2 unspecified atom stereocenters. The van der Waals surface area contributed by atoms with Gasteiger partial charge in [-0.3, -0.25) is 14.3 Å². The summed E-state index contributed by atoms with van der Waals surface area (Å²) in [5, 5.41) is 6.89. The van der Waals surface area contributed by atoms with Gasteiger partial charge in [-0.2, -0.15) is 5.10 Å². The Balaban J connectivity index is 2.37. The van der Waals surface area contributed by atoms with E-state index in [9.17, 15) is 9.59 Å². The summed E-state index contributed by atoms with van der Waals surface area (Å²) in [6, 6.07) is -0.478. The molecule has 0 radical (unpaired) electrons. The third-order valence-corrected chi connectivity index (χ3v) is 4.19. The number of aryl methyl sites for hydroxylation is 1. The maximum atomic E-state index is 12.8. The number of nitrogens with one attached hydrogen (secondary N) is 1. The van der Waals surface area contributed by atoms with Gasteiger partial charge in [0.05, 0.1) is 6.54 Å². The van der Waals surface area contributed by atoms with Gasteiger partial charge in [-0.1, -0.05) is 20.8 Å². The first-order valence-corrected chi connectivity index (χ1v) is 7.26. The van der Waals surface area contributed by atoms with Crippen molar-refractivity contribution < 1.29 is 9.59 Å². The molecule has 0 bridgehead atoms. The second kappa shape index (κ2) is 5.46. The molecule has 1 aliphatic rings. The van der Waals surface area contributed by atoms with Crippen LogP contribution in [0.15, 0.2) is 6.33 Å². The molecular formula is C14H23N5O2. The minimum Gasteiger partial charge on any atom is -0.340 e. The molecule has 0 aromatic carbocycles. The molecule has 21 heavy (non-hydrogen) atoms. The largest absolute Gasteiger partial charge is 0.340 e. The van der Waals surface area contributed by atoms with Crippen molar-refractivity contribution in [1.29, 1.82) is 0 Å². The van der Waals surface area contributed by atoms with Crippen LogP contribution in [0.25, 0.3) is 0 Å². The fraction of sp³-hybridized carbons (Fsp3) is 0.714. The van der Waals surface area contributed by atoms with E-state index in [1.165, 1.54) is 6.33 Å². The Morgan fingerprint density at radius 2 is 2.10 bits per heavy atom. The lowest BCUT2D eigenvalue weighted by Gasteiger charge is -2.45. The summed E-state index contributed by atoms with van der Waals surface area (Å²) in [6.07, 6.45) is 2.00. The van der Waals surface area contributed by atoms with Gasteiger partial charge in [0.1, 0.15) is 23.7 Å². The SMILES string of the molecule is CCC1(C)NC(=O)C(C(C)C)N(Cc2ncnn2C)C1=O. The highest BCUT2D eigenvalue weighted by Gasteiger charge is 2.48. The fourth-order valence-electron chi connectivity index (χ4n) is 2.67. The Kier molecular flexibility index (Phi) is 4.02. The lowest BCUT2D eigenvalue weighted by atomic mass is 9.88. The topological polar surface area (TPSA) is 80.1 Å². The summed E-state index contributed by atoms with van der Waals surface area (Å²) < 4.78 is 1.63. The standard InChI is InChI=1S/C14H23N5O2/c1-6-14(4)13(21)19(7-10-15-8-16-18(10)5)11(9(2)3)12(20)17-14/h8-9,11H,6-7H2,1-5H3,(H,17,20). The van der Waals surface area contributed by atoms with Gasteiger partial charge in [-0.25, -0.2) is 4.98 Å². The molecule has 1 N–H and O–H groups in total. The van der Waals surface area contributed by atoms with E-state index in [0.717, 1.165) is 0 Å².